The average molecular weight is 322 g/mol. The van der Waals surface area contributed by atoms with E-state index in [9.17, 15) is 9.59 Å². The number of rotatable bonds is 5. The first-order valence-corrected chi connectivity index (χ1v) is 9.16. The molecule has 0 radical (unpaired) electrons. The second kappa shape index (κ2) is 9.09. The van der Waals surface area contributed by atoms with Crippen molar-refractivity contribution in [1.82, 2.24) is 0 Å². The quantitative estimate of drug-likeness (QED) is 0.563. The monoisotopic (exact) mass is 322 g/mol. The number of esters is 2. The lowest BCUT2D eigenvalue weighted by Crippen LogP contribution is -2.32. The number of hydrogen-bond acceptors (Lipinski definition) is 4. The second-order valence-electron chi connectivity index (χ2n) is 6.90. The summed E-state index contributed by atoms with van der Waals surface area (Å²) >= 11 is 0. The summed E-state index contributed by atoms with van der Waals surface area (Å²) in [7, 11) is 0. The standard InChI is InChI=1S/C19H30O4/c1-3-5-18(20)22-16-12-8-15(9-13-16)19(21)23-17-10-6-14(4-2)7-11-17/h3,5,14-17H,4,6-13H2,1-2H3/b5-3+. The molecule has 0 amide bonds. The Labute approximate surface area is 139 Å². The van der Waals surface area contributed by atoms with E-state index in [-0.39, 0.29) is 30.1 Å². The SMILES string of the molecule is C/C=C/C(=O)OC1CCC(C(=O)OC2CCC(CC)CC2)CC1. The van der Waals surface area contributed by atoms with E-state index in [0.29, 0.717) is 0 Å². The zero-order valence-corrected chi connectivity index (χ0v) is 14.5. The van der Waals surface area contributed by atoms with Gasteiger partial charge in [0, 0.05) is 6.08 Å². The number of carbonyl (C=O) groups is 2. The summed E-state index contributed by atoms with van der Waals surface area (Å²) in [4.78, 5) is 23.7. The van der Waals surface area contributed by atoms with Crippen LogP contribution in [0.25, 0.3) is 0 Å². The highest BCUT2D eigenvalue weighted by atomic mass is 16.5. The van der Waals surface area contributed by atoms with Crippen molar-refractivity contribution in [1.29, 1.82) is 0 Å². The van der Waals surface area contributed by atoms with Gasteiger partial charge in [-0.15, -0.1) is 0 Å². The van der Waals surface area contributed by atoms with Crippen molar-refractivity contribution in [2.24, 2.45) is 11.8 Å². The molecule has 0 heterocycles. The van der Waals surface area contributed by atoms with Gasteiger partial charge in [-0.2, -0.15) is 0 Å². The van der Waals surface area contributed by atoms with Gasteiger partial charge in [0.15, 0.2) is 0 Å². The topological polar surface area (TPSA) is 52.6 Å². The van der Waals surface area contributed by atoms with Crippen molar-refractivity contribution in [3.63, 3.8) is 0 Å². The molecule has 2 saturated carbocycles. The molecule has 4 heteroatoms. The van der Waals surface area contributed by atoms with Crippen LogP contribution in [0.4, 0.5) is 0 Å². The molecule has 0 N–H and O–H groups in total. The normalized spacial score (nSPS) is 31.7. The van der Waals surface area contributed by atoms with Crippen molar-refractivity contribution in [3.05, 3.63) is 12.2 Å². The third-order valence-electron chi connectivity index (χ3n) is 5.25. The van der Waals surface area contributed by atoms with Crippen molar-refractivity contribution in [2.75, 3.05) is 0 Å². The minimum Gasteiger partial charge on any atom is -0.462 e. The Morgan fingerprint density at radius 3 is 2.04 bits per heavy atom. The second-order valence-corrected chi connectivity index (χ2v) is 6.90. The molecule has 0 aromatic heterocycles. The zero-order chi connectivity index (χ0) is 16.7. The predicted molar refractivity (Wildman–Crippen MR) is 88.8 cm³/mol. The van der Waals surface area contributed by atoms with Crippen LogP contribution < -0.4 is 0 Å². The Kier molecular flexibility index (Phi) is 7.13. The summed E-state index contributed by atoms with van der Waals surface area (Å²) in [5.74, 6) is 0.470. The summed E-state index contributed by atoms with van der Waals surface area (Å²) in [6, 6.07) is 0. The molecular weight excluding hydrogens is 292 g/mol. The average Bonchev–Trinajstić information content (AvgIpc) is 2.56. The molecule has 0 aromatic carbocycles. The summed E-state index contributed by atoms with van der Waals surface area (Å²) < 4.78 is 11.1. The third kappa shape index (κ3) is 5.67. The van der Waals surface area contributed by atoms with Gasteiger partial charge < -0.3 is 9.47 Å². The van der Waals surface area contributed by atoms with Crippen LogP contribution in [0.1, 0.15) is 71.6 Å². The molecule has 2 aliphatic rings. The smallest absolute Gasteiger partial charge is 0.330 e. The fraction of sp³-hybridized carbons (Fsp3) is 0.789. The Balaban J connectivity index is 1.68. The fourth-order valence-corrected chi connectivity index (χ4v) is 3.67. The van der Waals surface area contributed by atoms with Gasteiger partial charge in [0.2, 0.25) is 0 Å². The van der Waals surface area contributed by atoms with Crippen LogP contribution in [-0.2, 0) is 19.1 Å². The number of hydrogen-bond donors (Lipinski definition) is 0. The summed E-state index contributed by atoms with van der Waals surface area (Å²) in [5.41, 5.74) is 0. The highest BCUT2D eigenvalue weighted by molar-refractivity contribution is 5.82. The largest absolute Gasteiger partial charge is 0.462 e. The summed E-state index contributed by atoms with van der Waals surface area (Å²) in [6.07, 6.45) is 11.8. The molecular formula is C19H30O4. The van der Waals surface area contributed by atoms with Crippen LogP contribution in [-0.4, -0.2) is 24.1 Å². The van der Waals surface area contributed by atoms with Gasteiger partial charge in [-0.25, -0.2) is 4.79 Å². The molecule has 23 heavy (non-hydrogen) atoms. The zero-order valence-electron chi connectivity index (χ0n) is 14.5. The first-order chi connectivity index (χ1) is 11.1. The molecule has 4 nitrogen and oxygen atoms in total. The molecule has 0 spiro atoms. The van der Waals surface area contributed by atoms with Gasteiger partial charge >= 0.3 is 11.9 Å². The fourth-order valence-electron chi connectivity index (χ4n) is 3.67. The highest BCUT2D eigenvalue weighted by Crippen LogP contribution is 2.31. The lowest BCUT2D eigenvalue weighted by molar-refractivity contribution is -0.158. The minimum absolute atomic E-state index is 0.0180. The van der Waals surface area contributed by atoms with Crippen molar-refractivity contribution >= 4 is 11.9 Å². The Bertz CT molecular complexity index is 413. The molecule has 2 rings (SSSR count). The molecule has 0 aromatic rings. The van der Waals surface area contributed by atoms with Crippen molar-refractivity contribution in [3.8, 4) is 0 Å². The Morgan fingerprint density at radius 1 is 0.913 bits per heavy atom. The van der Waals surface area contributed by atoms with Gasteiger partial charge in [0.05, 0.1) is 5.92 Å². The first-order valence-electron chi connectivity index (χ1n) is 9.16. The molecule has 0 atom stereocenters. The molecule has 2 aliphatic carbocycles. The lowest BCUT2D eigenvalue weighted by atomic mass is 9.85. The van der Waals surface area contributed by atoms with Crippen LogP contribution in [0.5, 0.6) is 0 Å². The molecule has 2 fully saturated rings. The van der Waals surface area contributed by atoms with E-state index < -0.39 is 0 Å². The maximum atomic E-state index is 12.3. The van der Waals surface area contributed by atoms with Crippen molar-refractivity contribution < 1.29 is 19.1 Å². The van der Waals surface area contributed by atoms with Gasteiger partial charge in [-0.05, 0) is 64.2 Å². The molecule has 0 unspecified atom stereocenters. The van der Waals surface area contributed by atoms with Gasteiger partial charge in [-0.1, -0.05) is 19.4 Å². The Morgan fingerprint density at radius 2 is 1.48 bits per heavy atom. The number of carbonyl (C=O) groups excluding carboxylic acids is 2. The van der Waals surface area contributed by atoms with E-state index in [1.165, 1.54) is 25.3 Å². The van der Waals surface area contributed by atoms with Gasteiger partial charge in [-0.3, -0.25) is 4.79 Å². The number of allylic oxidation sites excluding steroid dienone is 1. The summed E-state index contributed by atoms with van der Waals surface area (Å²) in [5, 5.41) is 0. The van der Waals surface area contributed by atoms with Gasteiger partial charge in [0.25, 0.3) is 0 Å². The van der Waals surface area contributed by atoms with E-state index in [2.05, 4.69) is 6.92 Å². The van der Waals surface area contributed by atoms with Crippen LogP contribution in [0.3, 0.4) is 0 Å². The maximum Gasteiger partial charge on any atom is 0.330 e. The predicted octanol–water partition coefficient (Wildman–Crippen LogP) is 4.18. The van der Waals surface area contributed by atoms with E-state index in [4.69, 9.17) is 9.47 Å². The maximum absolute atomic E-state index is 12.3. The van der Waals surface area contributed by atoms with Crippen molar-refractivity contribution in [2.45, 2.75) is 83.8 Å². The van der Waals surface area contributed by atoms with Crippen LogP contribution in [0.15, 0.2) is 12.2 Å². The molecule has 0 bridgehead atoms. The van der Waals surface area contributed by atoms with E-state index in [1.807, 2.05) is 0 Å². The van der Waals surface area contributed by atoms with Crippen LogP contribution in [0, 0.1) is 11.8 Å². The van der Waals surface area contributed by atoms with Crippen LogP contribution in [0.2, 0.25) is 0 Å². The lowest BCUT2D eigenvalue weighted by Gasteiger charge is -2.31. The minimum atomic E-state index is -0.286. The van der Waals surface area contributed by atoms with Crippen LogP contribution >= 0.6 is 0 Å². The highest BCUT2D eigenvalue weighted by Gasteiger charge is 2.31. The van der Waals surface area contributed by atoms with E-state index >= 15 is 0 Å². The number of ether oxygens (including phenoxy) is 2. The van der Waals surface area contributed by atoms with E-state index in [1.54, 1.807) is 13.0 Å². The third-order valence-corrected chi connectivity index (χ3v) is 5.25. The Hall–Kier alpha value is -1.32. The molecule has 130 valence electrons. The molecule has 0 saturated heterocycles. The van der Waals surface area contributed by atoms with Gasteiger partial charge in [0.1, 0.15) is 12.2 Å². The van der Waals surface area contributed by atoms with E-state index in [0.717, 1.165) is 44.4 Å². The first kappa shape index (κ1) is 18.0. The molecule has 0 aliphatic heterocycles. The summed E-state index contributed by atoms with van der Waals surface area (Å²) in [6.45, 7) is 4.03.